The highest BCUT2D eigenvalue weighted by Gasteiger charge is 2.76. The van der Waals surface area contributed by atoms with Gasteiger partial charge in [0.2, 0.25) is 0 Å². The average molecular weight is 409 g/mol. The summed E-state index contributed by atoms with van der Waals surface area (Å²) in [6, 6.07) is 4.07. The molecule has 0 amide bonds. The lowest BCUT2D eigenvalue weighted by Gasteiger charge is -2.29. The zero-order chi connectivity index (χ0) is 17.6. The van der Waals surface area contributed by atoms with Crippen LogP contribution in [0.3, 0.4) is 0 Å². The summed E-state index contributed by atoms with van der Waals surface area (Å²) in [7, 11) is 0. The third-order valence-corrected chi connectivity index (χ3v) is 6.07. The van der Waals surface area contributed by atoms with E-state index in [1.165, 1.54) is 12.1 Å². The number of alkyl halides is 2. The largest absolute Gasteiger partial charge is 0.598 e. The van der Waals surface area contributed by atoms with E-state index >= 15 is 0 Å². The molecule has 1 saturated carbocycles. The fourth-order valence-electron chi connectivity index (χ4n) is 2.39. The van der Waals surface area contributed by atoms with Gasteiger partial charge in [-0.05, 0) is 54.4 Å². The maximum absolute atomic E-state index is 14.1. The van der Waals surface area contributed by atoms with E-state index in [4.69, 9.17) is 0 Å². The molecule has 3 nitrogen and oxygen atoms in total. The Balaban J connectivity index is 2.41. The second kappa shape index (κ2) is 5.96. The van der Waals surface area contributed by atoms with Crippen molar-refractivity contribution in [1.82, 2.24) is 4.72 Å². The van der Waals surface area contributed by atoms with Crippen LogP contribution in [0.5, 0.6) is 0 Å². The molecular formula is C15H16BrF3N2OS. The Morgan fingerprint density at radius 1 is 1.43 bits per heavy atom. The maximum atomic E-state index is 14.1. The van der Waals surface area contributed by atoms with Crippen molar-refractivity contribution in [2.45, 2.75) is 49.3 Å². The molecule has 3 atom stereocenters. The standard InChI is InChI=1S/C15H16BrF3N2OS/c1-13(2,3)23(22)21-12(7-20)14(8-15(14,18)19)9-4-5-10(16)11(17)6-9/h4-6,12,21H,8H2,1-3H3/t12-,14+,23?/m0/s1. The average Bonchev–Trinajstić information content (AvgIpc) is 3.01. The molecule has 1 aliphatic carbocycles. The summed E-state index contributed by atoms with van der Waals surface area (Å²) >= 11 is 1.27. The van der Waals surface area contributed by atoms with Crippen LogP contribution in [0, 0.1) is 17.1 Å². The van der Waals surface area contributed by atoms with Crippen LogP contribution < -0.4 is 4.72 Å². The predicted molar refractivity (Wildman–Crippen MR) is 85.8 cm³/mol. The number of nitrogens with zero attached hydrogens (tertiary/aromatic N) is 1. The minimum absolute atomic E-state index is 0.0214. The van der Waals surface area contributed by atoms with E-state index in [-0.39, 0.29) is 10.0 Å². The monoisotopic (exact) mass is 408 g/mol. The molecule has 2 rings (SSSR count). The third-order valence-electron chi connectivity index (χ3n) is 3.87. The minimum Gasteiger partial charge on any atom is -0.598 e. The van der Waals surface area contributed by atoms with Crippen LogP contribution in [0.2, 0.25) is 0 Å². The van der Waals surface area contributed by atoms with Crippen molar-refractivity contribution in [2.75, 3.05) is 0 Å². The highest BCUT2D eigenvalue weighted by atomic mass is 79.9. The Labute approximate surface area is 144 Å². The third kappa shape index (κ3) is 3.25. The molecule has 1 N–H and O–H groups in total. The van der Waals surface area contributed by atoms with E-state index < -0.39 is 45.7 Å². The van der Waals surface area contributed by atoms with Crippen molar-refractivity contribution in [2.24, 2.45) is 0 Å². The van der Waals surface area contributed by atoms with Crippen LogP contribution >= 0.6 is 15.9 Å². The van der Waals surface area contributed by atoms with Gasteiger partial charge in [-0.2, -0.15) is 5.26 Å². The normalized spacial score (nSPS) is 25.5. The lowest BCUT2D eigenvalue weighted by Crippen LogP contribution is -2.50. The van der Waals surface area contributed by atoms with Crippen LogP contribution in [0.1, 0.15) is 32.8 Å². The van der Waals surface area contributed by atoms with Crippen molar-refractivity contribution in [3.63, 3.8) is 0 Å². The quantitative estimate of drug-likeness (QED) is 0.770. The van der Waals surface area contributed by atoms with Crippen molar-refractivity contribution in [1.29, 1.82) is 5.26 Å². The second-order valence-corrected chi connectivity index (χ2v) is 9.39. The number of benzene rings is 1. The number of rotatable bonds is 4. The summed E-state index contributed by atoms with van der Waals surface area (Å²) in [6.07, 6.45) is -0.590. The summed E-state index contributed by atoms with van der Waals surface area (Å²) in [5.41, 5.74) is -1.85. The first kappa shape index (κ1) is 18.6. The molecule has 23 heavy (non-hydrogen) atoms. The Morgan fingerprint density at radius 2 is 2.00 bits per heavy atom. The lowest BCUT2D eigenvalue weighted by atomic mass is 9.88. The molecule has 0 aliphatic heterocycles. The SMILES string of the molecule is CC(C)(C)[S+]([O-])N[C@@H](C#N)[C@]1(c2ccc(Br)c(F)c2)CC1(F)F. The van der Waals surface area contributed by atoms with Crippen LogP contribution in [0.15, 0.2) is 22.7 Å². The molecule has 1 fully saturated rings. The van der Waals surface area contributed by atoms with Crippen LogP contribution in [-0.2, 0) is 16.8 Å². The second-order valence-electron chi connectivity index (χ2n) is 6.54. The molecular weight excluding hydrogens is 393 g/mol. The van der Waals surface area contributed by atoms with Gasteiger partial charge in [0, 0.05) is 17.8 Å². The molecule has 0 saturated heterocycles. The van der Waals surface area contributed by atoms with Gasteiger partial charge in [-0.25, -0.2) is 13.2 Å². The number of nitrogens with one attached hydrogen (secondary N) is 1. The van der Waals surface area contributed by atoms with Crippen molar-refractivity contribution >= 4 is 27.3 Å². The lowest BCUT2D eigenvalue weighted by molar-refractivity contribution is 0.0834. The Bertz CT molecular complexity index is 659. The molecule has 0 radical (unpaired) electrons. The number of hydrogen-bond acceptors (Lipinski definition) is 3. The molecule has 1 aromatic rings. The van der Waals surface area contributed by atoms with Crippen molar-refractivity contribution in [3.05, 3.63) is 34.1 Å². The first-order chi connectivity index (χ1) is 10.5. The Kier molecular flexibility index (Phi) is 4.81. The number of nitriles is 1. The summed E-state index contributed by atoms with van der Waals surface area (Å²) in [4.78, 5) is 0. The first-order valence-corrected chi connectivity index (χ1v) is 8.81. The maximum Gasteiger partial charge on any atom is 0.261 e. The molecule has 0 spiro atoms. The van der Waals surface area contributed by atoms with Gasteiger partial charge in [0.1, 0.15) is 10.6 Å². The summed E-state index contributed by atoms with van der Waals surface area (Å²) in [5, 5.41) is 9.35. The predicted octanol–water partition coefficient (Wildman–Crippen LogP) is 3.81. The number of halogens is 4. The van der Waals surface area contributed by atoms with Crippen LogP contribution in [0.4, 0.5) is 13.2 Å². The van der Waals surface area contributed by atoms with Crippen LogP contribution in [0.25, 0.3) is 0 Å². The molecule has 0 heterocycles. The van der Waals surface area contributed by atoms with Gasteiger partial charge in [0.15, 0.2) is 6.04 Å². The van der Waals surface area contributed by atoms with E-state index in [1.807, 2.05) is 0 Å². The molecule has 1 aliphatic rings. The molecule has 0 bridgehead atoms. The molecule has 0 aromatic heterocycles. The van der Waals surface area contributed by atoms with Gasteiger partial charge in [0.25, 0.3) is 5.92 Å². The molecule has 1 aromatic carbocycles. The highest BCUT2D eigenvalue weighted by molar-refractivity contribution is 9.10. The van der Waals surface area contributed by atoms with E-state index in [2.05, 4.69) is 20.7 Å². The van der Waals surface area contributed by atoms with Crippen molar-refractivity contribution < 1.29 is 17.7 Å². The smallest absolute Gasteiger partial charge is 0.261 e. The number of hydrogen-bond donors (Lipinski definition) is 1. The molecule has 126 valence electrons. The van der Waals surface area contributed by atoms with Gasteiger partial charge in [-0.1, -0.05) is 6.07 Å². The Hall–Kier alpha value is -0.750. The zero-order valence-corrected chi connectivity index (χ0v) is 15.2. The van der Waals surface area contributed by atoms with Gasteiger partial charge in [-0.15, -0.1) is 4.72 Å². The fourth-order valence-corrected chi connectivity index (χ4v) is 3.46. The Morgan fingerprint density at radius 3 is 2.39 bits per heavy atom. The summed E-state index contributed by atoms with van der Waals surface area (Å²) < 4.78 is 56.1. The highest BCUT2D eigenvalue weighted by Crippen LogP contribution is 2.63. The first-order valence-electron chi connectivity index (χ1n) is 6.87. The van der Waals surface area contributed by atoms with Gasteiger partial charge in [-0.3, -0.25) is 0 Å². The minimum atomic E-state index is -3.16. The van der Waals surface area contributed by atoms with E-state index in [0.29, 0.717) is 0 Å². The van der Waals surface area contributed by atoms with Crippen LogP contribution in [-0.4, -0.2) is 21.3 Å². The summed E-state index contributed by atoms with van der Waals surface area (Å²) in [6.45, 7) is 5.00. The topological polar surface area (TPSA) is 58.9 Å². The van der Waals surface area contributed by atoms with Gasteiger partial charge >= 0.3 is 0 Å². The van der Waals surface area contributed by atoms with Gasteiger partial charge in [0.05, 0.1) is 16.0 Å². The van der Waals surface area contributed by atoms with E-state index in [0.717, 1.165) is 6.07 Å². The van der Waals surface area contributed by atoms with Gasteiger partial charge < -0.3 is 4.55 Å². The molecule has 1 unspecified atom stereocenters. The van der Waals surface area contributed by atoms with Crippen molar-refractivity contribution in [3.8, 4) is 6.07 Å². The van der Waals surface area contributed by atoms with E-state index in [1.54, 1.807) is 26.8 Å². The van der Waals surface area contributed by atoms with E-state index in [9.17, 15) is 23.0 Å². The fraction of sp³-hybridized carbons (Fsp3) is 0.533. The molecule has 8 heteroatoms. The zero-order valence-electron chi connectivity index (χ0n) is 12.8. The summed E-state index contributed by atoms with van der Waals surface area (Å²) in [5.74, 6) is -3.85.